The fraction of sp³-hybridized carbons (Fsp3) is 0.652. The van der Waals surface area contributed by atoms with E-state index in [2.05, 4.69) is 20.5 Å². The van der Waals surface area contributed by atoms with E-state index in [1.54, 1.807) is 12.1 Å². The topological polar surface area (TPSA) is 115 Å². The summed E-state index contributed by atoms with van der Waals surface area (Å²) >= 11 is 0. The molecule has 9 nitrogen and oxygen atoms in total. The average Bonchev–Trinajstić information content (AvgIpc) is 3.12. The van der Waals surface area contributed by atoms with Crippen molar-refractivity contribution in [3.8, 4) is 0 Å². The molecule has 3 saturated heterocycles. The number of carbonyl (C=O) groups excluding carboxylic acids is 3. The van der Waals surface area contributed by atoms with Crippen LogP contribution in [0.2, 0.25) is 0 Å². The molecule has 9 heteroatoms. The van der Waals surface area contributed by atoms with Gasteiger partial charge in [0.15, 0.2) is 0 Å². The van der Waals surface area contributed by atoms with Crippen molar-refractivity contribution in [3.05, 3.63) is 29.1 Å². The molecule has 0 spiro atoms. The van der Waals surface area contributed by atoms with E-state index in [0.29, 0.717) is 36.2 Å². The van der Waals surface area contributed by atoms with Crippen LogP contribution < -0.4 is 10.6 Å². The molecule has 1 atom stereocenters. The Bertz CT molecular complexity index is 921. The Kier molecular flexibility index (Phi) is 5.73. The van der Waals surface area contributed by atoms with Crippen LogP contribution >= 0.6 is 0 Å². The molecule has 0 aromatic carbocycles. The quantitative estimate of drug-likeness (QED) is 0.569. The minimum Gasteiger partial charge on any atom is -0.383 e. The van der Waals surface area contributed by atoms with Crippen molar-refractivity contribution in [1.29, 1.82) is 0 Å². The van der Waals surface area contributed by atoms with E-state index in [0.717, 1.165) is 38.6 Å². The van der Waals surface area contributed by atoms with Crippen LogP contribution in [0.1, 0.15) is 60.3 Å². The molecule has 172 valence electrons. The summed E-state index contributed by atoms with van der Waals surface area (Å²) < 4.78 is 0. The summed E-state index contributed by atoms with van der Waals surface area (Å²) in [6.07, 6.45) is 4.22. The standard InChI is InChI=1S/C23H31N5O4/c29-20-4-2-18(21(30)26-20)28-14-17-16(22(28)31)1-3-19(25-17)23(32)7-11-27(12-8-23)13-15-5-9-24-10-6-15/h1,3,15,18,24,32H,2,4-14H2,(H,26,29,30). The second-order valence-corrected chi connectivity index (χ2v) is 9.62. The summed E-state index contributed by atoms with van der Waals surface area (Å²) in [5.74, 6) is -0.242. The van der Waals surface area contributed by atoms with Gasteiger partial charge in [-0.15, -0.1) is 0 Å². The first-order valence-corrected chi connectivity index (χ1v) is 11.7. The van der Waals surface area contributed by atoms with Gasteiger partial charge in [0, 0.05) is 26.1 Å². The van der Waals surface area contributed by atoms with E-state index >= 15 is 0 Å². The fourth-order valence-electron chi connectivity index (χ4n) is 5.49. The van der Waals surface area contributed by atoms with Gasteiger partial charge in [-0.3, -0.25) is 24.7 Å². The number of nitrogens with zero attached hydrogens (tertiary/aromatic N) is 3. The average molecular weight is 442 g/mol. The molecular weight excluding hydrogens is 410 g/mol. The Morgan fingerprint density at radius 3 is 2.56 bits per heavy atom. The molecule has 1 aromatic heterocycles. The molecule has 0 aliphatic carbocycles. The highest BCUT2D eigenvalue weighted by Crippen LogP contribution is 2.35. The van der Waals surface area contributed by atoms with Crippen molar-refractivity contribution in [1.82, 2.24) is 25.4 Å². The van der Waals surface area contributed by atoms with Crippen LogP contribution in [-0.2, 0) is 21.7 Å². The molecule has 32 heavy (non-hydrogen) atoms. The van der Waals surface area contributed by atoms with Crippen LogP contribution in [0.3, 0.4) is 0 Å². The predicted octanol–water partition coefficient (Wildman–Crippen LogP) is 0.126. The van der Waals surface area contributed by atoms with Gasteiger partial charge in [0.1, 0.15) is 11.6 Å². The summed E-state index contributed by atoms with van der Waals surface area (Å²) in [5, 5.41) is 17.1. The number of piperidine rings is 3. The zero-order valence-electron chi connectivity index (χ0n) is 18.3. The molecule has 1 unspecified atom stereocenters. The first-order valence-electron chi connectivity index (χ1n) is 11.7. The third kappa shape index (κ3) is 4.04. The van der Waals surface area contributed by atoms with Gasteiger partial charge in [0.2, 0.25) is 11.8 Å². The van der Waals surface area contributed by atoms with Crippen LogP contribution in [0.25, 0.3) is 0 Å². The Morgan fingerprint density at radius 2 is 1.84 bits per heavy atom. The lowest BCUT2D eigenvalue weighted by atomic mass is 9.86. The molecule has 3 amide bonds. The number of hydrogen-bond donors (Lipinski definition) is 3. The van der Waals surface area contributed by atoms with Gasteiger partial charge in [0.25, 0.3) is 5.91 Å². The highest BCUT2D eigenvalue weighted by atomic mass is 16.3. The number of rotatable bonds is 4. The first kappa shape index (κ1) is 21.5. The third-order valence-electron chi connectivity index (χ3n) is 7.51. The van der Waals surface area contributed by atoms with Gasteiger partial charge in [-0.2, -0.15) is 0 Å². The van der Waals surface area contributed by atoms with Gasteiger partial charge >= 0.3 is 0 Å². The maximum absolute atomic E-state index is 12.9. The van der Waals surface area contributed by atoms with Crippen molar-refractivity contribution >= 4 is 17.7 Å². The van der Waals surface area contributed by atoms with E-state index in [-0.39, 0.29) is 24.8 Å². The molecular formula is C23H31N5O4. The zero-order chi connectivity index (χ0) is 22.3. The normalized spacial score (nSPS) is 26.8. The molecule has 5 rings (SSSR count). The number of fused-ring (bicyclic) bond motifs is 1. The molecule has 0 bridgehead atoms. The molecule has 0 radical (unpaired) electrons. The summed E-state index contributed by atoms with van der Waals surface area (Å²) in [5.41, 5.74) is 0.689. The number of pyridine rings is 1. The van der Waals surface area contributed by atoms with E-state index < -0.39 is 17.6 Å². The molecule has 4 aliphatic heterocycles. The first-order chi connectivity index (χ1) is 15.4. The van der Waals surface area contributed by atoms with E-state index in [1.807, 2.05) is 0 Å². The number of carbonyl (C=O) groups is 3. The summed E-state index contributed by atoms with van der Waals surface area (Å²) in [4.78, 5) is 45.2. The lowest BCUT2D eigenvalue weighted by molar-refractivity contribution is -0.136. The lowest BCUT2D eigenvalue weighted by Crippen LogP contribution is -2.52. The van der Waals surface area contributed by atoms with E-state index in [4.69, 9.17) is 0 Å². The second-order valence-electron chi connectivity index (χ2n) is 9.62. The van der Waals surface area contributed by atoms with Crippen molar-refractivity contribution < 1.29 is 19.5 Å². The Balaban J connectivity index is 1.25. The molecule has 0 saturated carbocycles. The van der Waals surface area contributed by atoms with Crippen LogP contribution in [0.5, 0.6) is 0 Å². The maximum Gasteiger partial charge on any atom is 0.256 e. The number of likely N-dealkylation sites (tertiary alicyclic amines) is 1. The van der Waals surface area contributed by atoms with Gasteiger partial charge in [-0.1, -0.05) is 0 Å². The second kappa shape index (κ2) is 8.53. The largest absolute Gasteiger partial charge is 0.383 e. The van der Waals surface area contributed by atoms with Crippen molar-refractivity contribution in [3.63, 3.8) is 0 Å². The SMILES string of the molecule is O=C1CCC(N2Cc3nc(C4(O)CCN(CC5CCNCC5)CC4)ccc3C2=O)C(=O)N1. The van der Waals surface area contributed by atoms with Crippen molar-refractivity contribution in [2.45, 2.75) is 56.7 Å². The molecule has 3 N–H and O–H groups in total. The molecule has 1 aromatic rings. The molecule has 5 heterocycles. The van der Waals surface area contributed by atoms with Crippen molar-refractivity contribution in [2.75, 3.05) is 32.7 Å². The highest BCUT2D eigenvalue weighted by Gasteiger charge is 2.41. The molecule has 3 fully saturated rings. The number of imide groups is 1. The summed E-state index contributed by atoms with van der Waals surface area (Å²) in [7, 11) is 0. The van der Waals surface area contributed by atoms with Gasteiger partial charge in [-0.05, 0) is 63.2 Å². The lowest BCUT2D eigenvalue weighted by Gasteiger charge is -2.39. The van der Waals surface area contributed by atoms with Crippen LogP contribution in [0.4, 0.5) is 0 Å². The summed E-state index contributed by atoms with van der Waals surface area (Å²) in [6.45, 7) is 5.17. The van der Waals surface area contributed by atoms with Gasteiger partial charge < -0.3 is 20.2 Å². The highest BCUT2D eigenvalue weighted by molar-refractivity contribution is 6.05. The van der Waals surface area contributed by atoms with E-state index in [9.17, 15) is 19.5 Å². The predicted molar refractivity (Wildman–Crippen MR) is 115 cm³/mol. The van der Waals surface area contributed by atoms with Crippen LogP contribution in [-0.4, -0.2) is 76.4 Å². The Labute approximate surface area is 187 Å². The van der Waals surface area contributed by atoms with Crippen LogP contribution in [0.15, 0.2) is 12.1 Å². The zero-order valence-corrected chi connectivity index (χ0v) is 18.3. The minimum absolute atomic E-state index is 0.225. The smallest absolute Gasteiger partial charge is 0.256 e. The Hall–Kier alpha value is -2.36. The van der Waals surface area contributed by atoms with Gasteiger partial charge in [-0.25, -0.2) is 0 Å². The maximum atomic E-state index is 12.9. The summed E-state index contributed by atoms with van der Waals surface area (Å²) in [6, 6.07) is 2.83. The van der Waals surface area contributed by atoms with Crippen LogP contribution in [0, 0.1) is 5.92 Å². The number of nitrogens with one attached hydrogen (secondary N) is 2. The number of aromatic nitrogens is 1. The number of amides is 3. The number of hydrogen-bond acceptors (Lipinski definition) is 7. The molecule has 4 aliphatic rings. The Morgan fingerprint density at radius 1 is 1.09 bits per heavy atom. The van der Waals surface area contributed by atoms with E-state index in [1.165, 1.54) is 17.7 Å². The third-order valence-corrected chi connectivity index (χ3v) is 7.51. The van der Waals surface area contributed by atoms with Gasteiger partial charge in [0.05, 0.1) is 23.5 Å². The fourth-order valence-corrected chi connectivity index (χ4v) is 5.49. The minimum atomic E-state index is -0.995. The number of aliphatic hydroxyl groups is 1. The van der Waals surface area contributed by atoms with Crippen molar-refractivity contribution in [2.24, 2.45) is 5.92 Å². The monoisotopic (exact) mass is 441 g/mol.